The Balaban J connectivity index is 1.35. The summed E-state index contributed by atoms with van der Waals surface area (Å²) in [6, 6.07) is 21.2. The van der Waals surface area contributed by atoms with Crippen LogP contribution in [0, 0.1) is 0 Å². The van der Waals surface area contributed by atoms with Gasteiger partial charge in [-0.2, -0.15) is 0 Å². The van der Waals surface area contributed by atoms with Gasteiger partial charge in [0.05, 0.1) is 19.0 Å². The summed E-state index contributed by atoms with van der Waals surface area (Å²) < 4.78 is 5.42. The van der Waals surface area contributed by atoms with Crippen molar-refractivity contribution in [2.24, 2.45) is 0 Å². The average Bonchev–Trinajstić information content (AvgIpc) is 2.86. The molecule has 1 atom stereocenters. The number of methoxy groups -OCH3 is 1. The standard InChI is InChI=1S/C26H27N5O2/c1-18(19-10-4-3-5-11-19)9-8-16-27-26(32)31-24-15-14-21-25(30-24)29-22(17-28-21)20-12-6-7-13-23(20)33-2/h3-7,10-15,17-18H,8-9,16H2,1-2H3,(H2,27,29,30,31,32)/t18-/m1/s1. The Bertz CT molecular complexity index is 1230. The molecule has 0 aliphatic rings. The molecule has 33 heavy (non-hydrogen) atoms. The Morgan fingerprint density at radius 1 is 1.00 bits per heavy atom. The summed E-state index contributed by atoms with van der Waals surface area (Å²) >= 11 is 0. The zero-order valence-corrected chi connectivity index (χ0v) is 18.8. The van der Waals surface area contributed by atoms with E-state index in [4.69, 9.17) is 4.74 Å². The smallest absolute Gasteiger partial charge is 0.320 e. The molecule has 2 amide bonds. The van der Waals surface area contributed by atoms with Crippen molar-refractivity contribution in [1.29, 1.82) is 0 Å². The number of amides is 2. The zero-order valence-electron chi connectivity index (χ0n) is 18.8. The molecular weight excluding hydrogens is 414 g/mol. The summed E-state index contributed by atoms with van der Waals surface area (Å²) in [4.78, 5) is 25.9. The molecule has 7 nitrogen and oxygen atoms in total. The van der Waals surface area contributed by atoms with Crippen molar-refractivity contribution in [2.75, 3.05) is 19.0 Å². The van der Waals surface area contributed by atoms with E-state index in [0.29, 0.717) is 40.9 Å². The van der Waals surface area contributed by atoms with Crippen molar-refractivity contribution < 1.29 is 9.53 Å². The van der Waals surface area contributed by atoms with Gasteiger partial charge in [-0.15, -0.1) is 0 Å². The second-order valence-electron chi connectivity index (χ2n) is 7.83. The van der Waals surface area contributed by atoms with Gasteiger partial charge in [-0.1, -0.05) is 49.4 Å². The van der Waals surface area contributed by atoms with Gasteiger partial charge in [0, 0.05) is 12.1 Å². The van der Waals surface area contributed by atoms with E-state index in [1.807, 2.05) is 30.3 Å². The first kappa shape index (κ1) is 22.2. The molecule has 2 aromatic heterocycles. The molecule has 0 bridgehead atoms. The van der Waals surface area contributed by atoms with Gasteiger partial charge in [-0.05, 0) is 48.6 Å². The second-order valence-corrected chi connectivity index (χ2v) is 7.83. The molecule has 2 N–H and O–H groups in total. The number of benzene rings is 2. The predicted octanol–water partition coefficient (Wildman–Crippen LogP) is 5.41. The van der Waals surface area contributed by atoms with Crippen LogP contribution in [0.25, 0.3) is 22.4 Å². The van der Waals surface area contributed by atoms with Crippen LogP contribution in [0.15, 0.2) is 72.9 Å². The molecule has 0 spiro atoms. The van der Waals surface area contributed by atoms with Gasteiger partial charge in [-0.3, -0.25) is 10.3 Å². The second kappa shape index (κ2) is 10.5. The molecule has 168 valence electrons. The van der Waals surface area contributed by atoms with Crippen LogP contribution >= 0.6 is 0 Å². The Kier molecular flexibility index (Phi) is 7.09. The van der Waals surface area contributed by atoms with E-state index in [1.165, 1.54) is 5.56 Å². The molecular formula is C26H27N5O2. The fourth-order valence-electron chi connectivity index (χ4n) is 3.67. The number of hydrogen-bond donors (Lipinski definition) is 2. The Morgan fingerprint density at radius 2 is 1.79 bits per heavy atom. The number of aromatic nitrogens is 3. The number of carbonyl (C=O) groups is 1. The molecule has 0 aliphatic heterocycles. The molecule has 0 saturated carbocycles. The van der Waals surface area contributed by atoms with Crippen LogP contribution in [0.1, 0.15) is 31.2 Å². The van der Waals surface area contributed by atoms with Crippen LogP contribution in [0.3, 0.4) is 0 Å². The molecule has 7 heteroatoms. The van der Waals surface area contributed by atoms with Crippen molar-refractivity contribution >= 4 is 23.0 Å². The molecule has 2 heterocycles. The molecule has 2 aromatic carbocycles. The van der Waals surface area contributed by atoms with Crippen LogP contribution in [0.5, 0.6) is 5.75 Å². The van der Waals surface area contributed by atoms with E-state index < -0.39 is 0 Å². The Morgan fingerprint density at radius 3 is 2.61 bits per heavy atom. The van der Waals surface area contributed by atoms with Crippen LogP contribution in [-0.2, 0) is 0 Å². The van der Waals surface area contributed by atoms with Crippen molar-refractivity contribution in [3.05, 3.63) is 78.5 Å². The van der Waals surface area contributed by atoms with Crippen LogP contribution in [0.2, 0.25) is 0 Å². The fraction of sp³-hybridized carbons (Fsp3) is 0.231. The number of hydrogen-bond acceptors (Lipinski definition) is 5. The summed E-state index contributed by atoms with van der Waals surface area (Å²) in [5.41, 5.74) is 3.90. The Hall–Kier alpha value is -4.00. The number of carbonyl (C=O) groups excluding carboxylic acids is 1. The first-order chi connectivity index (χ1) is 16.1. The van der Waals surface area contributed by atoms with E-state index in [0.717, 1.165) is 18.4 Å². The summed E-state index contributed by atoms with van der Waals surface area (Å²) in [7, 11) is 1.62. The van der Waals surface area contributed by atoms with E-state index >= 15 is 0 Å². The molecule has 4 aromatic rings. The highest BCUT2D eigenvalue weighted by atomic mass is 16.5. The third-order valence-electron chi connectivity index (χ3n) is 5.50. The lowest BCUT2D eigenvalue weighted by molar-refractivity contribution is 0.251. The third-order valence-corrected chi connectivity index (χ3v) is 5.50. The minimum atomic E-state index is -0.289. The van der Waals surface area contributed by atoms with E-state index in [1.54, 1.807) is 25.4 Å². The fourth-order valence-corrected chi connectivity index (χ4v) is 3.67. The van der Waals surface area contributed by atoms with E-state index in [9.17, 15) is 4.79 Å². The van der Waals surface area contributed by atoms with Crippen LogP contribution < -0.4 is 15.4 Å². The number of urea groups is 1. The maximum atomic E-state index is 12.3. The number of para-hydroxylation sites is 1. The summed E-state index contributed by atoms with van der Waals surface area (Å²) in [6.45, 7) is 2.79. The quantitative estimate of drug-likeness (QED) is 0.357. The van der Waals surface area contributed by atoms with Crippen LogP contribution in [0.4, 0.5) is 10.6 Å². The Labute approximate surface area is 193 Å². The highest BCUT2D eigenvalue weighted by molar-refractivity contribution is 5.89. The maximum Gasteiger partial charge on any atom is 0.320 e. The zero-order chi connectivity index (χ0) is 23.0. The monoisotopic (exact) mass is 441 g/mol. The van der Waals surface area contributed by atoms with Crippen molar-refractivity contribution in [3.63, 3.8) is 0 Å². The lowest BCUT2D eigenvalue weighted by Gasteiger charge is -2.12. The van der Waals surface area contributed by atoms with Gasteiger partial charge < -0.3 is 10.1 Å². The number of nitrogens with zero attached hydrogens (tertiary/aromatic N) is 3. The number of ether oxygens (including phenoxy) is 1. The third kappa shape index (κ3) is 5.63. The number of anilines is 1. The topological polar surface area (TPSA) is 89.0 Å². The van der Waals surface area contributed by atoms with Crippen molar-refractivity contribution in [1.82, 2.24) is 20.3 Å². The predicted molar refractivity (Wildman–Crippen MR) is 130 cm³/mol. The van der Waals surface area contributed by atoms with E-state index in [-0.39, 0.29) is 6.03 Å². The van der Waals surface area contributed by atoms with E-state index in [2.05, 4.69) is 56.8 Å². The molecule has 0 radical (unpaired) electrons. The summed E-state index contributed by atoms with van der Waals surface area (Å²) in [5.74, 6) is 1.58. The number of nitrogens with one attached hydrogen (secondary N) is 2. The molecule has 0 unspecified atom stereocenters. The number of rotatable bonds is 8. The maximum absolute atomic E-state index is 12.3. The SMILES string of the molecule is COc1ccccc1-c1cnc2ccc(NC(=O)NCCC[C@@H](C)c3ccccc3)nc2n1. The van der Waals surface area contributed by atoms with Gasteiger partial charge in [0.2, 0.25) is 0 Å². The number of pyridine rings is 1. The molecule has 0 aliphatic carbocycles. The van der Waals surface area contributed by atoms with Gasteiger partial charge in [0.25, 0.3) is 0 Å². The first-order valence-corrected chi connectivity index (χ1v) is 11.0. The highest BCUT2D eigenvalue weighted by Gasteiger charge is 2.10. The minimum absolute atomic E-state index is 0.289. The van der Waals surface area contributed by atoms with Crippen molar-refractivity contribution in [2.45, 2.75) is 25.7 Å². The molecule has 0 saturated heterocycles. The lowest BCUT2D eigenvalue weighted by atomic mass is 9.96. The first-order valence-electron chi connectivity index (χ1n) is 11.0. The minimum Gasteiger partial charge on any atom is -0.496 e. The van der Waals surface area contributed by atoms with Gasteiger partial charge in [0.15, 0.2) is 5.65 Å². The lowest BCUT2D eigenvalue weighted by Crippen LogP contribution is -2.30. The van der Waals surface area contributed by atoms with Gasteiger partial charge >= 0.3 is 6.03 Å². The normalized spacial score (nSPS) is 11.7. The summed E-state index contributed by atoms with van der Waals surface area (Å²) in [6.07, 6.45) is 3.58. The van der Waals surface area contributed by atoms with Crippen LogP contribution in [-0.4, -0.2) is 34.6 Å². The van der Waals surface area contributed by atoms with Gasteiger partial charge in [-0.25, -0.2) is 14.8 Å². The molecule has 0 fully saturated rings. The highest BCUT2D eigenvalue weighted by Crippen LogP contribution is 2.28. The summed E-state index contributed by atoms with van der Waals surface area (Å²) in [5, 5.41) is 5.68. The largest absolute Gasteiger partial charge is 0.496 e. The van der Waals surface area contributed by atoms with Crippen molar-refractivity contribution in [3.8, 4) is 17.0 Å². The van der Waals surface area contributed by atoms with Gasteiger partial charge in [0.1, 0.15) is 17.1 Å². The average molecular weight is 442 g/mol. The number of fused-ring (bicyclic) bond motifs is 1. The molecule has 4 rings (SSSR count).